The third kappa shape index (κ3) is 5.82. The number of benzene rings is 1. The van der Waals surface area contributed by atoms with E-state index < -0.39 is 0 Å². The van der Waals surface area contributed by atoms with Gasteiger partial charge in [0.25, 0.3) is 0 Å². The van der Waals surface area contributed by atoms with Gasteiger partial charge in [0.2, 0.25) is 5.91 Å². The molecule has 0 spiro atoms. The van der Waals surface area contributed by atoms with Crippen LogP contribution in [0.4, 0.5) is 0 Å². The molecule has 128 valence electrons. The van der Waals surface area contributed by atoms with Crippen molar-refractivity contribution in [3.05, 3.63) is 29.8 Å². The quantitative estimate of drug-likeness (QED) is 0.771. The van der Waals surface area contributed by atoms with E-state index in [9.17, 15) is 4.79 Å². The second-order valence-corrected chi connectivity index (χ2v) is 5.95. The topological polar surface area (TPSA) is 62.8 Å². The lowest BCUT2D eigenvalue weighted by Gasteiger charge is -2.30. The lowest BCUT2D eigenvalue weighted by molar-refractivity contribution is -0.123. The molecule has 6 heteroatoms. The normalized spacial score (nSPS) is 20.0. The van der Waals surface area contributed by atoms with Crippen molar-refractivity contribution < 1.29 is 14.3 Å². The zero-order valence-corrected chi connectivity index (χ0v) is 14.2. The molecule has 2 N–H and O–H groups in total. The Morgan fingerprint density at radius 1 is 1.52 bits per heavy atom. The molecule has 1 aliphatic heterocycles. The molecule has 0 radical (unpaired) electrons. The summed E-state index contributed by atoms with van der Waals surface area (Å²) in [5, 5.41) is 6.18. The van der Waals surface area contributed by atoms with Crippen LogP contribution in [0.2, 0.25) is 0 Å². The largest absolute Gasteiger partial charge is 0.497 e. The van der Waals surface area contributed by atoms with Crippen molar-refractivity contribution in [2.24, 2.45) is 0 Å². The van der Waals surface area contributed by atoms with E-state index in [1.54, 1.807) is 7.11 Å². The molecule has 0 saturated carbocycles. The fraction of sp³-hybridized carbons (Fsp3) is 0.588. The van der Waals surface area contributed by atoms with Gasteiger partial charge in [-0.2, -0.15) is 0 Å². The van der Waals surface area contributed by atoms with E-state index in [0.29, 0.717) is 13.1 Å². The monoisotopic (exact) mass is 321 g/mol. The summed E-state index contributed by atoms with van der Waals surface area (Å²) in [4.78, 5) is 14.4. The van der Waals surface area contributed by atoms with Gasteiger partial charge < -0.3 is 25.0 Å². The maximum atomic E-state index is 12.2. The molecule has 1 amide bonds. The highest BCUT2D eigenvalue weighted by molar-refractivity contribution is 5.81. The average Bonchev–Trinajstić information content (AvgIpc) is 2.57. The van der Waals surface area contributed by atoms with Crippen LogP contribution < -0.4 is 15.4 Å². The van der Waals surface area contributed by atoms with Crippen LogP contribution in [0.1, 0.15) is 12.5 Å². The number of likely N-dealkylation sites (N-methyl/N-ethyl adjacent to an activating group) is 1. The number of nitrogens with zero attached hydrogens (tertiary/aromatic N) is 1. The number of rotatable bonds is 7. The van der Waals surface area contributed by atoms with Gasteiger partial charge in [-0.15, -0.1) is 0 Å². The maximum absolute atomic E-state index is 12.2. The number of carbonyl (C=O) groups is 1. The molecule has 0 bridgehead atoms. The highest BCUT2D eigenvalue weighted by Crippen LogP contribution is 2.12. The van der Waals surface area contributed by atoms with E-state index in [-0.39, 0.29) is 18.1 Å². The average molecular weight is 321 g/mol. The minimum Gasteiger partial charge on any atom is -0.497 e. The fourth-order valence-electron chi connectivity index (χ4n) is 2.52. The predicted molar refractivity (Wildman–Crippen MR) is 89.5 cm³/mol. The van der Waals surface area contributed by atoms with Crippen molar-refractivity contribution >= 4 is 5.91 Å². The highest BCUT2D eigenvalue weighted by Gasteiger charge is 2.19. The maximum Gasteiger partial charge on any atom is 0.237 e. The number of hydrogen-bond donors (Lipinski definition) is 2. The van der Waals surface area contributed by atoms with Crippen molar-refractivity contribution in [1.82, 2.24) is 15.5 Å². The predicted octanol–water partition coefficient (Wildman–Crippen LogP) is 0.620. The third-order valence-corrected chi connectivity index (χ3v) is 3.99. The lowest BCUT2D eigenvalue weighted by atomic mass is 10.2. The molecule has 23 heavy (non-hydrogen) atoms. The molecule has 0 aliphatic carbocycles. The van der Waals surface area contributed by atoms with Crippen molar-refractivity contribution in [1.29, 1.82) is 0 Å². The molecule has 1 fully saturated rings. The minimum absolute atomic E-state index is 0.0167. The van der Waals surface area contributed by atoms with Crippen LogP contribution in [0.25, 0.3) is 0 Å². The van der Waals surface area contributed by atoms with Crippen LogP contribution in [-0.4, -0.2) is 63.4 Å². The fourth-order valence-corrected chi connectivity index (χ4v) is 2.52. The highest BCUT2D eigenvalue weighted by atomic mass is 16.5. The summed E-state index contributed by atoms with van der Waals surface area (Å²) in [7, 11) is 3.72. The van der Waals surface area contributed by atoms with Crippen LogP contribution in [0.3, 0.4) is 0 Å². The summed E-state index contributed by atoms with van der Waals surface area (Å²) in [6.07, 6.45) is 0.141. The zero-order valence-electron chi connectivity index (χ0n) is 14.2. The number of nitrogens with one attached hydrogen (secondary N) is 2. The molecule has 2 atom stereocenters. The van der Waals surface area contributed by atoms with Crippen LogP contribution in [0.5, 0.6) is 5.75 Å². The first kappa shape index (κ1) is 17.7. The molecule has 1 heterocycles. The number of carbonyl (C=O) groups excluding carboxylic acids is 1. The van der Waals surface area contributed by atoms with E-state index in [0.717, 1.165) is 31.0 Å². The summed E-state index contributed by atoms with van der Waals surface area (Å²) >= 11 is 0. The van der Waals surface area contributed by atoms with E-state index in [4.69, 9.17) is 9.47 Å². The van der Waals surface area contributed by atoms with Crippen LogP contribution in [0.15, 0.2) is 24.3 Å². The summed E-state index contributed by atoms with van der Waals surface area (Å²) in [6, 6.07) is 7.43. The summed E-state index contributed by atoms with van der Waals surface area (Å²) < 4.78 is 10.9. The number of methoxy groups -OCH3 is 1. The van der Waals surface area contributed by atoms with Gasteiger partial charge in [0.05, 0.1) is 25.9 Å². The van der Waals surface area contributed by atoms with Gasteiger partial charge in [0.15, 0.2) is 0 Å². The summed E-state index contributed by atoms with van der Waals surface area (Å²) in [6.45, 7) is 5.65. The van der Waals surface area contributed by atoms with Gasteiger partial charge in [0.1, 0.15) is 5.75 Å². The molecule has 0 unspecified atom stereocenters. The molecule has 1 aromatic rings. The first-order chi connectivity index (χ1) is 11.1. The number of hydrogen-bond acceptors (Lipinski definition) is 5. The summed E-state index contributed by atoms with van der Waals surface area (Å²) in [5.41, 5.74) is 1.02. The molecular formula is C17H27N3O3. The standard InChI is InChI=1S/C17H27N3O3/c1-13(18-11-16-12-20(2)7-8-23-16)17(21)19-10-14-5-4-6-15(9-14)22-3/h4-6,9,13,16,18H,7-8,10-12H2,1-3H3,(H,19,21)/t13-,16+/m0/s1. The zero-order chi connectivity index (χ0) is 16.7. The Labute approximate surface area is 138 Å². The second kappa shape index (κ2) is 8.86. The van der Waals surface area contributed by atoms with Gasteiger partial charge in [-0.3, -0.25) is 4.79 Å². The SMILES string of the molecule is COc1cccc(CNC(=O)[C@H](C)NC[C@@H]2CN(C)CCO2)c1. The Balaban J connectivity index is 1.71. The molecule has 1 aliphatic rings. The van der Waals surface area contributed by atoms with Crippen molar-refractivity contribution in [2.75, 3.05) is 40.4 Å². The van der Waals surface area contributed by atoms with Crippen LogP contribution >= 0.6 is 0 Å². The first-order valence-electron chi connectivity index (χ1n) is 8.02. The van der Waals surface area contributed by atoms with E-state index >= 15 is 0 Å². The number of ether oxygens (including phenoxy) is 2. The Bertz CT molecular complexity index is 510. The Morgan fingerprint density at radius 2 is 2.35 bits per heavy atom. The lowest BCUT2D eigenvalue weighted by Crippen LogP contribution is -2.49. The van der Waals surface area contributed by atoms with Crippen LogP contribution in [-0.2, 0) is 16.1 Å². The summed E-state index contributed by atoms with van der Waals surface area (Å²) in [5.74, 6) is 0.776. The van der Waals surface area contributed by atoms with Crippen molar-refractivity contribution in [3.8, 4) is 5.75 Å². The van der Waals surface area contributed by atoms with E-state index in [2.05, 4.69) is 22.6 Å². The first-order valence-corrected chi connectivity index (χ1v) is 8.02. The van der Waals surface area contributed by atoms with Gasteiger partial charge in [-0.25, -0.2) is 0 Å². The van der Waals surface area contributed by atoms with Gasteiger partial charge in [0, 0.05) is 26.2 Å². The van der Waals surface area contributed by atoms with Gasteiger partial charge in [-0.05, 0) is 31.7 Å². The molecule has 2 rings (SSSR count). The van der Waals surface area contributed by atoms with Gasteiger partial charge >= 0.3 is 0 Å². The molecular weight excluding hydrogens is 294 g/mol. The van der Waals surface area contributed by atoms with E-state index in [1.165, 1.54) is 0 Å². The Hall–Kier alpha value is -1.63. The van der Waals surface area contributed by atoms with Crippen molar-refractivity contribution in [3.63, 3.8) is 0 Å². The molecule has 1 saturated heterocycles. The van der Waals surface area contributed by atoms with Crippen molar-refractivity contribution in [2.45, 2.75) is 25.6 Å². The number of amides is 1. The molecule has 1 aromatic carbocycles. The third-order valence-electron chi connectivity index (χ3n) is 3.99. The van der Waals surface area contributed by atoms with E-state index in [1.807, 2.05) is 31.2 Å². The number of morpholine rings is 1. The Kier molecular flexibility index (Phi) is 6.83. The Morgan fingerprint density at radius 3 is 3.09 bits per heavy atom. The smallest absolute Gasteiger partial charge is 0.237 e. The van der Waals surface area contributed by atoms with Crippen LogP contribution in [0, 0.1) is 0 Å². The minimum atomic E-state index is -0.253. The second-order valence-electron chi connectivity index (χ2n) is 5.95. The molecule has 6 nitrogen and oxygen atoms in total. The molecule has 0 aromatic heterocycles. The van der Waals surface area contributed by atoms with Gasteiger partial charge in [-0.1, -0.05) is 12.1 Å².